The van der Waals surface area contributed by atoms with Crippen molar-refractivity contribution in [3.8, 4) is 0 Å². The van der Waals surface area contributed by atoms with Gasteiger partial charge in [0.25, 0.3) is 0 Å². The van der Waals surface area contributed by atoms with Gasteiger partial charge >= 0.3 is 171 Å². The summed E-state index contributed by atoms with van der Waals surface area (Å²) in [4.78, 5) is 0. The van der Waals surface area contributed by atoms with Crippen molar-refractivity contribution in [2.45, 2.75) is 5.75 Å². The normalized spacial score (nSPS) is 11.5. The van der Waals surface area contributed by atoms with E-state index < -0.39 is 29.4 Å². The van der Waals surface area contributed by atoms with Crippen LogP contribution in [0, 0.1) is 0 Å². The van der Waals surface area contributed by atoms with Crippen LogP contribution in [0.1, 0.15) is 5.56 Å². The Balaban J connectivity index is 2.09. The molecule has 0 aromatic heterocycles. The van der Waals surface area contributed by atoms with E-state index in [0.29, 0.717) is 15.6 Å². The molecule has 0 aliphatic carbocycles. The number of hydrogen-bond acceptors (Lipinski definition) is 2. The number of hydrogen-bond donors (Lipinski definition) is 0. The fourth-order valence-corrected chi connectivity index (χ4v) is 11.4. The molecule has 0 unspecified atom stereocenters. The van der Waals surface area contributed by atoms with E-state index in [0.717, 1.165) is 7.22 Å². The molecule has 0 spiro atoms. The third-order valence-corrected chi connectivity index (χ3v) is 12.2. The van der Waals surface area contributed by atoms with E-state index in [1.54, 1.807) is 36.4 Å². The van der Waals surface area contributed by atoms with Crippen molar-refractivity contribution in [1.29, 1.82) is 0 Å². The molecule has 0 saturated carbocycles. The summed E-state index contributed by atoms with van der Waals surface area (Å²) >= 11 is 9.45. The average molecular weight is 520 g/mol. The zero-order valence-electron chi connectivity index (χ0n) is 13.5. The molecule has 0 atom stereocenters. The van der Waals surface area contributed by atoms with Crippen LogP contribution < -0.4 is 7.22 Å². The first-order valence-electron chi connectivity index (χ1n) is 7.68. The molecule has 0 N–H and O–H groups in total. The summed E-state index contributed by atoms with van der Waals surface area (Å²) in [5.41, 5.74) is 0.714. The topological polar surface area (TPSA) is 46.5 Å². The van der Waals surface area contributed by atoms with E-state index in [1.165, 1.54) is 0 Å². The maximum atomic E-state index is 12.7. The molecule has 0 fully saturated rings. The van der Waals surface area contributed by atoms with Gasteiger partial charge in [-0.3, -0.25) is 0 Å². The van der Waals surface area contributed by atoms with Crippen LogP contribution in [0.4, 0.5) is 0 Å². The number of sulfonamides is 1. The van der Waals surface area contributed by atoms with Crippen molar-refractivity contribution in [1.82, 2.24) is 0 Å². The molecule has 3 aromatic rings. The van der Waals surface area contributed by atoms with Crippen molar-refractivity contribution in [3.63, 3.8) is 0 Å². The van der Waals surface area contributed by atoms with Gasteiger partial charge in [0.15, 0.2) is 0 Å². The Kier molecular flexibility index (Phi) is 6.50. The summed E-state index contributed by atoms with van der Waals surface area (Å²) < 4.78 is 31.5. The second kappa shape index (κ2) is 8.65. The van der Waals surface area contributed by atoms with Crippen LogP contribution in [-0.4, -0.2) is 27.8 Å². The molecule has 0 heterocycles. The number of benzene rings is 3. The molecule has 0 radical (unpaired) electrons. The van der Waals surface area contributed by atoms with Crippen molar-refractivity contribution < 1.29 is 8.42 Å². The summed E-state index contributed by atoms with van der Waals surface area (Å²) in [6.07, 6.45) is 0. The Morgan fingerprint density at radius 1 is 0.769 bits per heavy atom. The third-order valence-electron chi connectivity index (χ3n) is 3.42. The van der Waals surface area contributed by atoms with Crippen LogP contribution in [0.25, 0.3) is 0 Å². The van der Waals surface area contributed by atoms with Gasteiger partial charge in [0, 0.05) is 0 Å². The molecule has 0 bridgehead atoms. The molecule has 7 heteroatoms. The average Bonchev–Trinajstić information content (AvgIpc) is 2.60. The van der Waals surface area contributed by atoms with Crippen molar-refractivity contribution in [3.05, 3.63) is 94.5 Å². The van der Waals surface area contributed by atoms with Crippen molar-refractivity contribution in [2.75, 3.05) is 0 Å². The molecule has 3 nitrogen and oxygen atoms in total. The van der Waals surface area contributed by atoms with E-state index in [-0.39, 0.29) is 5.75 Å². The van der Waals surface area contributed by atoms with Gasteiger partial charge in [-0.05, 0) is 0 Å². The van der Waals surface area contributed by atoms with Crippen molar-refractivity contribution in [2.24, 2.45) is 2.59 Å². The van der Waals surface area contributed by atoms with Gasteiger partial charge in [-0.15, -0.1) is 0 Å². The van der Waals surface area contributed by atoms with Gasteiger partial charge in [-0.2, -0.15) is 0 Å². The van der Waals surface area contributed by atoms with Crippen LogP contribution in [0.5, 0.6) is 0 Å². The molecular formula is C19H15Cl2NO2STe. The second-order valence-electron chi connectivity index (χ2n) is 5.49. The van der Waals surface area contributed by atoms with Crippen LogP contribution in [0.2, 0.25) is 10.0 Å². The molecule has 0 aliphatic heterocycles. The van der Waals surface area contributed by atoms with Crippen molar-refractivity contribution >= 4 is 59.8 Å². The fourth-order valence-electron chi connectivity index (χ4n) is 2.32. The monoisotopic (exact) mass is 521 g/mol. The first-order chi connectivity index (χ1) is 12.4. The zero-order chi connectivity index (χ0) is 18.6. The fraction of sp³-hybridized carbons (Fsp3) is 0.0526. The molecule has 0 aliphatic rings. The number of rotatable bonds is 5. The van der Waals surface area contributed by atoms with E-state index in [9.17, 15) is 8.42 Å². The second-order valence-corrected chi connectivity index (χ2v) is 13.6. The summed E-state index contributed by atoms with van der Waals surface area (Å²) in [6.45, 7) is 0. The van der Waals surface area contributed by atoms with Gasteiger partial charge in [-0.1, -0.05) is 0 Å². The Morgan fingerprint density at radius 2 is 1.31 bits per heavy atom. The first-order valence-corrected chi connectivity index (χ1v) is 13.4. The Hall–Kier alpha value is -1.22. The summed E-state index contributed by atoms with van der Waals surface area (Å²) in [6, 6.07) is 23.5. The van der Waals surface area contributed by atoms with E-state index in [2.05, 4.69) is 2.59 Å². The quantitative estimate of drug-likeness (QED) is 0.480. The van der Waals surface area contributed by atoms with Gasteiger partial charge in [0.05, 0.1) is 0 Å². The van der Waals surface area contributed by atoms with E-state index in [1.807, 2.05) is 42.5 Å². The molecule has 3 aromatic carbocycles. The minimum atomic E-state index is -3.64. The van der Waals surface area contributed by atoms with Crippen LogP contribution in [0.15, 0.2) is 81.5 Å². The first kappa shape index (κ1) is 19.5. The van der Waals surface area contributed by atoms with Crippen LogP contribution in [-0.2, 0) is 15.8 Å². The Labute approximate surface area is 170 Å². The van der Waals surface area contributed by atoms with Gasteiger partial charge in [-0.25, -0.2) is 0 Å². The predicted octanol–water partition coefficient (Wildman–Crippen LogP) is 3.90. The third kappa shape index (κ3) is 5.39. The molecular weight excluding hydrogens is 505 g/mol. The van der Waals surface area contributed by atoms with Gasteiger partial charge in [0.2, 0.25) is 0 Å². The summed E-state index contributed by atoms with van der Waals surface area (Å²) in [7, 11) is -3.64. The molecule has 0 saturated heterocycles. The maximum absolute atomic E-state index is 12.7. The summed E-state index contributed by atoms with van der Waals surface area (Å²) in [5, 5.41) is 1.12. The Morgan fingerprint density at radius 3 is 1.81 bits per heavy atom. The van der Waals surface area contributed by atoms with Crippen LogP contribution in [0.3, 0.4) is 0 Å². The Bertz CT molecular complexity index is 1010. The summed E-state index contributed by atoms with van der Waals surface area (Å²) in [5.74, 6) is -0.119. The molecule has 0 amide bonds. The number of halogens is 2. The SMILES string of the molecule is O=S(=O)(Cc1ccccc1)N=[Te](c1cccc(Cl)c1)c1cccc(Cl)c1. The zero-order valence-corrected chi connectivity index (χ0v) is 18.2. The predicted molar refractivity (Wildman–Crippen MR) is 109 cm³/mol. The minimum absolute atomic E-state index is 0.119. The van der Waals surface area contributed by atoms with Crippen LogP contribution >= 0.6 is 23.2 Å². The molecule has 3 rings (SSSR count). The van der Waals surface area contributed by atoms with E-state index >= 15 is 0 Å². The number of nitrogens with zero attached hydrogens (tertiary/aromatic N) is 1. The standard InChI is InChI=1S/C19H15Cl2NO2STe/c20-16-8-4-10-18(12-16)26(19-11-5-9-17(21)13-19)22-25(23,24)14-15-6-2-1-3-7-15/h1-13H,14H2. The van der Waals surface area contributed by atoms with Gasteiger partial charge in [0.1, 0.15) is 0 Å². The van der Waals surface area contributed by atoms with Gasteiger partial charge < -0.3 is 0 Å². The van der Waals surface area contributed by atoms with E-state index in [4.69, 9.17) is 23.2 Å². The molecule has 26 heavy (non-hydrogen) atoms. The molecule has 134 valence electrons.